The molecule has 1 saturated heterocycles. The topological polar surface area (TPSA) is 66.6 Å². The van der Waals surface area contributed by atoms with Crippen LogP contribution >= 0.6 is 11.3 Å². The number of carbonyl (C=O) groups excluding carboxylic acids is 1. The summed E-state index contributed by atoms with van der Waals surface area (Å²) < 4.78 is 5.52. The lowest BCUT2D eigenvalue weighted by Crippen LogP contribution is -2.33. The number of nitrogens with zero attached hydrogens (tertiary/aromatic N) is 2. The monoisotopic (exact) mass is 334 g/mol. The fourth-order valence-corrected chi connectivity index (χ4v) is 3.89. The van der Waals surface area contributed by atoms with Crippen LogP contribution in [0.2, 0.25) is 0 Å². The Morgan fingerprint density at radius 1 is 1.57 bits per heavy atom. The third kappa shape index (κ3) is 3.19. The zero-order valence-corrected chi connectivity index (χ0v) is 14.4. The second-order valence-electron chi connectivity index (χ2n) is 6.34. The Labute approximate surface area is 140 Å². The highest BCUT2D eigenvalue weighted by molar-refractivity contribution is 7.09. The summed E-state index contributed by atoms with van der Waals surface area (Å²) in [4.78, 5) is 18.9. The van der Waals surface area contributed by atoms with Gasteiger partial charge in [0.15, 0.2) is 5.76 Å². The van der Waals surface area contributed by atoms with Crippen LogP contribution in [0.15, 0.2) is 22.1 Å². The van der Waals surface area contributed by atoms with Crippen LogP contribution in [0, 0.1) is 12.3 Å². The summed E-state index contributed by atoms with van der Waals surface area (Å²) in [6, 6.07) is 1.76. The van der Waals surface area contributed by atoms with Gasteiger partial charge in [-0.05, 0) is 25.8 Å². The van der Waals surface area contributed by atoms with Crippen molar-refractivity contribution < 1.29 is 14.3 Å². The minimum atomic E-state index is -0.136. The number of hydrogen-bond acceptors (Lipinski definition) is 5. The van der Waals surface area contributed by atoms with E-state index in [0.29, 0.717) is 24.4 Å². The van der Waals surface area contributed by atoms with Gasteiger partial charge in [-0.3, -0.25) is 4.79 Å². The molecule has 0 aliphatic carbocycles. The van der Waals surface area contributed by atoms with Crippen LogP contribution in [0.3, 0.4) is 0 Å². The van der Waals surface area contributed by atoms with Gasteiger partial charge in [-0.25, -0.2) is 4.98 Å². The molecular formula is C17H22N2O3S. The number of likely N-dealkylation sites (tertiary alicyclic amines) is 1. The average molecular weight is 334 g/mol. The molecule has 1 aliphatic heterocycles. The molecule has 124 valence electrons. The van der Waals surface area contributed by atoms with Gasteiger partial charge in [0.1, 0.15) is 12.0 Å². The summed E-state index contributed by atoms with van der Waals surface area (Å²) in [5.41, 5.74) is 1.18. The van der Waals surface area contributed by atoms with Gasteiger partial charge in [0, 0.05) is 23.9 Å². The van der Waals surface area contributed by atoms with Gasteiger partial charge in [0.25, 0.3) is 5.91 Å². The van der Waals surface area contributed by atoms with Crippen molar-refractivity contribution in [2.75, 3.05) is 19.7 Å². The molecular weight excluding hydrogens is 312 g/mol. The SMILES string of the molecule is CCCC1(CO)CCN(C(=O)c2coc(-c3csc(C)n3)c2)C1. The number of thiazole rings is 1. The maximum absolute atomic E-state index is 12.7. The van der Waals surface area contributed by atoms with Gasteiger partial charge in [-0.2, -0.15) is 0 Å². The predicted molar refractivity (Wildman–Crippen MR) is 89.5 cm³/mol. The number of aliphatic hydroxyl groups excluding tert-OH is 1. The van der Waals surface area contributed by atoms with Gasteiger partial charge >= 0.3 is 0 Å². The number of aryl methyl sites for hydroxylation is 1. The fraction of sp³-hybridized carbons (Fsp3) is 0.529. The second kappa shape index (κ2) is 6.45. The number of amides is 1. The predicted octanol–water partition coefficient (Wildman–Crippen LogP) is 3.34. The molecule has 5 nitrogen and oxygen atoms in total. The first-order valence-electron chi connectivity index (χ1n) is 7.98. The third-order valence-electron chi connectivity index (χ3n) is 4.56. The highest BCUT2D eigenvalue weighted by Gasteiger charge is 2.39. The molecule has 1 N–H and O–H groups in total. The summed E-state index contributed by atoms with van der Waals surface area (Å²) in [5, 5.41) is 12.6. The van der Waals surface area contributed by atoms with Gasteiger partial charge < -0.3 is 14.4 Å². The minimum absolute atomic E-state index is 0.0293. The number of furan rings is 1. The van der Waals surface area contributed by atoms with Crippen molar-refractivity contribution >= 4 is 17.2 Å². The fourth-order valence-electron chi connectivity index (χ4n) is 3.29. The van der Waals surface area contributed by atoms with E-state index in [2.05, 4.69) is 11.9 Å². The van der Waals surface area contributed by atoms with Crippen LogP contribution in [-0.2, 0) is 0 Å². The number of hydrogen-bond donors (Lipinski definition) is 1. The Hall–Kier alpha value is -1.66. The normalized spacial score (nSPS) is 21.1. The smallest absolute Gasteiger partial charge is 0.257 e. The number of carbonyl (C=O) groups is 1. The maximum Gasteiger partial charge on any atom is 0.257 e. The van der Waals surface area contributed by atoms with Crippen molar-refractivity contribution in [2.45, 2.75) is 33.1 Å². The van der Waals surface area contributed by atoms with Crippen LogP contribution in [0.1, 0.15) is 41.6 Å². The van der Waals surface area contributed by atoms with Gasteiger partial charge in [-0.15, -0.1) is 11.3 Å². The first kappa shape index (κ1) is 16.2. The maximum atomic E-state index is 12.7. The Balaban J connectivity index is 1.73. The first-order valence-corrected chi connectivity index (χ1v) is 8.86. The van der Waals surface area contributed by atoms with E-state index in [1.165, 1.54) is 6.26 Å². The van der Waals surface area contributed by atoms with E-state index >= 15 is 0 Å². The quantitative estimate of drug-likeness (QED) is 0.911. The first-order chi connectivity index (χ1) is 11.1. The second-order valence-corrected chi connectivity index (χ2v) is 7.40. The van der Waals surface area contributed by atoms with Crippen molar-refractivity contribution in [3.63, 3.8) is 0 Å². The lowest BCUT2D eigenvalue weighted by molar-refractivity contribution is 0.0729. The van der Waals surface area contributed by atoms with Crippen LogP contribution in [0.5, 0.6) is 0 Å². The van der Waals surface area contributed by atoms with E-state index < -0.39 is 0 Å². The van der Waals surface area contributed by atoms with Crippen molar-refractivity contribution in [2.24, 2.45) is 5.41 Å². The standard InChI is InChI=1S/C17H22N2O3S/c1-3-4-17(11-20)5-6-19(10-17)16(21)13-7-15(22-8-13)14-9-23-12(2)18-14/h7-9,20H,3-6,10-11H2,1-2H3. The van der Waals surface area contributed by atoms with E-state index in [1.54, 1.807) is 17.4 Å². The van der Waals surface area contributed by atoms with E-state index in [9.17, 15) is 9.90 Å². The van der Waals surface area contributed by atoms with Gasteiger partial charge in [0.2, 0.25) is 0 Å². The van der Waals surface area contributed by atoms with E-state index in [4.69, 9.17) is 4.42 Å². The Morgan fingerprint density at radius 3 is 3.04 bits per heavy atom. The summed E-state index contributed by atoms with van der Waals surface area (Å²) >= 11 is 1.56. The van der Waals surface area contributed by atoms with Crippen molar-refractivity contribution in [1.82, 2.24) is 9.88 Å². The number of rotatable bonds is 5. The molecule has 1 atom stereocenters. The Kier molecular flexibility index (Phi) is 4.55. The molecule has 1 fully saturated rings. The molecule has 3 rings (SSSR count). The molecule has 6 heteroatoms. The zero-order valence-electron chi connectivity index (χ0n) is 13.5. The van der Waals surface area contributed by atoms with E-state index in [0.717, 1.165) is 30.0 Å². The van der Waals surface area contributed by atoms with Crippen molar-refractivity contribution in [3.8, 4) is 11.5 Å². The molecule has 1 unspecified atom stereocenters. The minimum Gasteiger partial charge on any atom is -0.462 e. The summed E-state index contributed by atoms with van der Waals surface area (Å²) in [6.45, 7) is 5.50. The number of aliphatic hydroxyl groups is 1. The van der Waals surface area contributed by atoms with E-state index in [-0.39, 0.29) is 17.9 Å². The third-order valence-corrected chi connectivity index (χ3v) is 5.33. The van der Waals surface area contributed by atoms with Crippen LogP contribution < -0.4 is 0 Å². The summed E-state index contributed by atoms with van der Waals surface area (Å²) in [7, 11) is 0. The van der Waals surface area contributed by atoms with Gasteiger partial charge in [-0.1, -0.05) is 13.3 Å². The highest BCUT2D eigenvalue weighted by Crippen LogP contribution is 2.35. The van der Waals surface area contributed by atoms with Crippen molar-refractivity contribution in [3.05, 3.63) is 28.3 Å². The van der Waals surface area contributed by atoms with Crippen LogP contribution in [-0.4, -0.2) is 40.6 Å². The molecule has 2 aromatic heterocycles. The largest absolute Gasteiger partial charge is 0.462 e. The molecule has 1 amide bonds. The lowest BCUT2D eigenvalue weighted by atomic mass is 9.83. The molecule has 3 heterocycles. The molecule has 0 bridgehead atoms. The molecule has 0 radical (unpaired) electrons. The highest BCUT2D eigenvalue weighted by atomic mass is 32.1. The molecule has 0 aromatic carbocycles. The zero-order chi connectivity index (χ0) is 16.4. The molecule has 0 saturated carbocycles. The Bertz CT molecular complexity index is 694. The summed E-state index contributed by atoms with van der Waals surface area (Å²) in [6.07, 6.45) is 4.33. The molecule has 2 aromatic rings. The van der Waals surface area contributed by atoms with Crippen LogP contribution in [0.25, 0.3) is 11.5 Å². The Morgan fingerprint density at radius 2 is 2.39 bits per heavy atom. The molecule has 1 aliphatic rings. The van der Waals surface area contributed by atoms with E-state index in [1.807, 2.05) is 17.2 Å². The summed E-state index contributed by atoms with van der Waals surface area (Å²) in [5.74, 6) is 0.595. The van der Waals surface area contributed by atoms with Crippen LogP contribution in [0.4, 0.5) is 0 Å². The molecule has 23 heavy (non-hydrogen) atoms. The van der Waals surface area contributed by atoms with Gasteiger partial charge in [0.05, 0.1) is 17.2 Å². The number of aromatic nitrogens is 1. The average Bonchev–Trinajstić information content (AvgIpc) is 3.26. The lowest BCUT2D eigenvalue weighted by Gasteiger charge is -2.26. The molecule has 0 spiro atoms. The van der Waals surface area contributed by atoms with Crippen molar-refractivity contribution in [1.29, 1.82) is 0 Å².